The molecule has 17 heavy (non-hydrogen) atoms. The van der Waals surface area contributed by atoms with E-state index < -0.39 is 0 Å². The van der Waals surface area contributed by atoms with E-state index in [9.17, 15) is 9.59 Å². The van der Waals surface area contributed by atoms with Crippen molar-refractivity contribution in [3.8, 4) is 0 Å². The monoisotopic (exact) mass is 406 g/mol. The summed E-state index contributed by atoms with van der Waals surface area (Å²) in [5.41, 5.74) is 0.0324. The Hall–Kier alpha value is -0.120. The Kier molecular flexibility index (Phi) is 8.83. The number of aromatic nitrogens is 2. The van der Waals surface area contributed by atoms with Gasteiger partial charge in [-0.15, -0.1) is 0 Å². The lowest BCUT2D eigenvalue weighted by Gasteiger charge is -1.77. The third kappa shape index (κ3) is 6.39. The van der Waals surface area contributed by atoms with E-state index in [4.69, 9.17) is 11.6 Å². The molecule has 0 saturated carbocycles. The van der Waals surface area contributed by atoms with E-state index >= 15 is 0 Å². The number of nitrogens with zero attached hydrogens (tertiary/aromatic N) is 2. The zero-order valence-electron chi connectivity index (χ0n) is 9.52. The topological polar surface area (TPSA) is 44.0 Å². The van der Waals surface area contributed by atoms with Crippen molar-refractivity contribution in [2.75, 3.05) is 4.93 Å². The maximum Gasteiger partial charge on any atom is 0.261 e. The standard InChI is InChI=1S/C4H4ClNOS.C4H5NOS.CH3I/c1-6-4(7)2-3(5)8-6;1-5-4(6)2-3-7-5;1-2/h2H,1H3;2-3H,1H3;1H3. The SMILES string of the molecule is CI.Cn1sc(Cl)cc1=O.Cn1sccc1=O. The molecule has 8 heteroatoms. The van der Waals surface area contributed by atoms with Crippen LogP contribution in [-0.4, -0.2) is 12.8 Å². The average molecular weight is 407 g/mol. The fraction of sp³-hybridized carbons (Fsp3) is 0.333. The van der Waals surface area contributed by atoms with Crippen LogP contribution in [0.1, 0.15) is 0 Å². The van der Waals surface area contributed by atoms with Crippen molar-refractivity contribution in [1.29, 1.82) is 0 Å². The van der Waals surface area contributed by atoms with Crippen molar-refractivity contribution in [1.82, 2.24) is 7.91 Å². The highest BCUT2D eigenvalue weighted by atomic mass is 127. The van der Waals surface area contributed by atoms with Gasteiger partial charge in [-0.3, -0.25) is 17.5 Å². The summed E-state index contributed by atoms with van der Waals surface area (Å²) in [6.45, 7) is 0. The van der Waals surface area contributed by atoms with Gasteiger partial charge < -0.3 is 0 Å². The van der Waals surface area contributed by atoms with Gasteiger partial charge in [-0.05, 0) is 16.5 Å². The highest BCUT2D eigenvalue weighted by Crippen LogP contribution is 2.09. The first-order valence-electron chi connectivity index (χ1n) is 4.32. The molecule has 0 aliphatic rings. The molecule has 4 nitrogen and oxygen atoms in total. The van der Waals surface area contributed by atoms with E-state index in [1.54, 1.807) is 29.5 Å². The third-order valence-electron chi connectivity index (χ3n) is 1.51. The van der Waals surface area contributed by atoms with E-state index in [2.05, 4.69) is 22.6 Å². The summed E-state index contributed by atoms with van der Waals surface area (Å²) in [7, 11) is 3.42. The molecule has 0 bridgehead atoms. The molecule has 0 N–H and O–H groups in total. The molecule has 2 rings (SSSR count). The third-order valence-corrected chi connectivity index (χ3v) is 3.33. The minimum Gasteiger partial charge on any atom is -0.268 e. The van der Waals surface area contributed by atoms with E-state index in [1.807, 2.05) is 4.93 Å². The van der Waals surface area contributed by atoms with E-state index in [1.165, 1.54) is 33.1 Å². The van der Waals surface area contributed by atoms with Crippen LogP contribution < -0.4 is 11.1 Å². The lowest BCUT2D eigenvalue weighted by molar-refractivity contribution is 0.981. The second kappa shape index (κ2) is 8.90. The van der Waals surface area contributed by atoms with Crippen LogP contribution >= 0.6 is 57.3 Å². The van der Waals surface area contributed by atoms with Crippen molar-refractivity contribution in [2.45, 2.75) is 0 Å². The summed E-state index contributed by atoms with van der Waals surface area (Å²) in [5, 5.41) is 1.77. The normalized spacial score (nSPS) is 8.76. The van der Waals surface area contributed by atoms with Gasteiger partial charge in [-0.25, -0.2) is 0 Å². The van der Waals surface area contributed by atoms with Gasteiger partial charge in [0.2, 0.25) is 0 Å². The maximum absolute atomic E-state index is 10.5. The molecule has 0 radical (unpaired) electrons. The van der Waals surface area contributed by atoms with E-state index in [0.717, 1.165) is 0 Å². The van der Waals surface area contributed by atoms with Crippen molar-refractivity contribution in [3.05, 3.63) is 42.6 Å². The fourth-order valence-electron chi connectivity index (χ4n) is 0.727. The lowest BCUT2D eigenvalue weighted by Crippen LogP contribution is -2.05. The molecule has 0 aliphatic carbocycles. The second-order valence-electron chi connectivity index (χ2n) is 2.62. The number of halogens is 2. The summed E-state index contributed by atoms with van der Waals surface area (Å²) in [6.07, 6.45) is 0. The van der Waals surface area contributed by atoms with Crippen molar-refractivity contribution < 1.29 is 0 Å². The van der Waals surface area contributed by atoms with Crippen LogP contribution in [-0.2, 0) is 14.1 Å². The summed E-state index contributed by atoms with van der Waals surface area (Å²) < 4.78 is 3.58. The molecular formula is C9H12ClIN2O2S2. The zero-order chi connectivity index (χ0) is 13.4. The molecule has 2 aromatic heterocycles. The highest BCUT2D eigenvalue weighted by Gasteiger charge is 1.93. The Morgan fingerprint density at radius 3 is 1.88 bits per heavy atom. The highest BCUT2D eigenvalue weighted by molar-refractivity contribution is 14.1. The lowest BCUT2D eigenvalue weighted by atomic mass is 10.7. The summed E-state index contributed by atoms with van der Waals surface area (Å²) in [5.74, 6) is 0. The van der Waals surface area contributed by atoms with Gasteiger partial charge in [0.25, 0.3) is 11.1 Å². The predicted octanol–water partition coefficient (Wildman–Crippen LogP) is 2.60. The van der Waals surface area contributed by atoms with Crippen LogP contribution in [0.5, 0.6) is 0 Å². The van der Waals surface area contributed by atoms with Gasteiger partial charge in [-0.1, -0.05) is 45.7 Å². The van der Waals surface area contributed by atoms with Crippen LogP contribution in [0.15, 0.2) is 27.1 Å². The van der Waals surface area contributed by atoms with E-state index in [0.29, 0.717) is 4.34 Å². The Morgan fingerprint density at radius 1 is 1.18 bits per heavy atom. The van der Waals surface area contributed by atoms with Crippen molar-refractivity contribution >= 4 is 57.3 Å². The number of hydrogen-bond donors (Lipinski definition) is 0. The van der Waals surface area contributed by atoms with Crippen molar-refractivity contribution in [3.63, 3.8) is 0 Å². The van der Waals surface area contributed by atoms with Gasteiger partial charge >= 0.3 is 0 Å². The number of rotatable bonds is 0. The van der Waals surface area contributed by atoms with Gasteiger partial charge in [-0.2, -0.15) is 0 Å². The van der Waals surface area contributed by atoms with Crippen LogP contribution in [0.2, 0.25) is 4.34 Å². The molecule has 2 heterocycles. The summed E-state index contributed by atoms with van der Waals surface area (Å²) in [6, 6.07) is 2.94. The molecule has 0 saturated heterocycles. The first-order chi connectivity index (χ1) is 8.00. The first kappa shape index (κ1) is 16.9. The van der Waals surface area contributed by atoms with Crippen LogP contribution in [0.25, 0.3) is 0 Å². The van der Waals surface area contributed by atoms with Gasteiger partial charge in [0.1, 0.15) is 4.34 Å². The average Bonchev–Trinajstić information content (AvgIpc) is 2.79. The fourth-order valence-corrected chi connectivity index (χ4v) is 2.21. The van der Waals surface area contributed by atoms with Crippen LogP contribution in [0.4, 0.5) is 0 Å². The molecule has 0 unspecified atom stereocenters. The molecule has 96 valence electrons. The Labute approximate surface area is 126 Å². The maximum atomic E-state index is 10.5. The minimum absolute atomic E-state index is 0.0417. The molecule has 0 aliphatic heterocycles. The van der Waals surface area contributed by atoms with Crippen molar-refractivity contribution in [2.24, 2.45) is 14.1 Å². The quantitative estimate of drug-likeness (QED) is 0.499. The van der Waals surface area contributed by atoms with Gasteiger partial charge in [0.05, 0.1) is 0 Å². The second-order valence-corrected chi connectivity index (χ2v) is 5.45. The largest absolute Gasteiger partial charge is 0.268 e. The number of hydrogen-bond acceptors (Lipinski definition) is 4. The molecule has 0 spiro atoms. The molecular weight excluding hydrogens is 395 g/mol. The number of alkyl halides is 1. The molecule has 0 atom stereocenters. The Bertz CT molecular complexity index is 543. The van der Waals surface area contributed by atoms with Crippen LogP contribution in [0.3, 0.4) is 0 Å². The van der Waals surface area contributed by atoms with Crippen LogP contribution in [0, 0.1) is 0 Å². The Morgan fingerprint density at radius 2 is 1.76 bits per heavy atom. The zero-order valence-corrected chi connectivity index (χ0v) is 14.1. The number of aryl methyl sites for hydroxylation is 2. The smallest absolute Gasteiger partial charge is 0.261 e. The first-order valence-corrected chi connectivity index (χ1v) is 8.47. The minimum atomic E-state index is -0.0417. The molecule has 0 aromatic carbocycles. The van der Waals surface area contributed by atoms with Gasteiger partial charge in [0, 0.05) is 31.6 Å². The summed E-state index contributed by atoms with van der Waals surface area (Å²) >= 11 is 10.3. The van der Waals surface area contributed by atoms with E-state index in [-0.39, 0.29) is 11.1 Å². The molecule has 2 aromatic rings. The Balaban J connectivity index is 0.000000265. The van der Waals surface area contributed by atoms with Gasteiger partial charge in [0.15, 0.2) is 0 Å². The summed E-state index contributed by atoms with van der Waals surface area (Å²) in [4.78, 5) is 22.9. The predicted molar refractivity (Wildman–Crippen MR) is 84.1 cm³/mol. The molecule has 0 amide bonds. The molecule has 0 fully saturated rings.